The largest absolute Gasteiger partial charge is 0.493 e. The highest BCUT2D eigenvalue weighted by atomic mass is 16.6. The maximum atomic E-state index is 12.1. The first-order valence-electron chi connectivity index (χ1n) is 9.95. The lowest BCUT2D eigenvalue weighted by atomic mass is 10.1. The van der Waals surface area contributed by atoms with Gasteiger partial charge in [-0.05, 0) is 58.6 Å². The molecule has 1 aliphatic rings. The van der Waals surface area contributed by atoms with Crippen molar-refractivity contribution < 1.29 is 19.1 Å². The van der Waals surface area contributed by atoms with E-state index in [2.05, 4.69) is 10.6 Å². The number of likely N-dealkylation sites (tertiary alicyclic amines) is 1. The van der Waals surface area contributed by atoms with Crippen molar-refractivity contribution in [1.82, 2.24) is 15.5 Å². The van der Waals surface area contributed by atoms with E-state index < -0.39 is 5.60 Å². The van der Waals surface area contributed by atoms with E-state index in [0.717, 1.165) is 30.6 Å². The Morgan fingerprint density at radius 1 is 1.18 bits per heavy atom. The van der Waals surface area contributed by atoms with Crippen molar-refractivity contribution in [2.75, 3.05) is 26.2 Å². The summed E-state index contributed by atoms with van der Waals surface area (Å²) in [5.74, 6) is 0.878. The fourth-order valence-corrected chi connectivity index (χ4v) is 2.94. The van der Waals surface area contributed by atoms with Crippen molar-refractivity contribution in [2.24, 2.45) is 0 Å². The minimum atomic E-state index is -0.491. The Bertz CT molecular complexity index is 649. The molecule has 1 aromatic carbocycles. The van der Waals surface area contributed by atoms with Crippen LogP contribution in [0, 0.1) is 6.92 Å². The molecule has 0 bridgehead atoms. The van der Waals surface area contributed by atoms with Crippen LogP contribution >= 0.6 is 0 Å². The molecule has 3 amide bonds. The molecule has 28 heavy (non-hydrogen) atoms. The Morgan fingerprint density at radius 3 is 2.50 bits per heavy atom. The molecule has 0 spiro atoms. The van der Waals surface area contributed by atoms with Gasteiger partial charge in [-0.3, -0.25) is 0 Å². The molecule has 1 aromatic rings. The normalized spacial score (nSPS) is 15.1. The number of hydrogen-bond acceptors (Lipinski definition) is 4. The smallest absolute Gasteiger partial charge is 0.410 e. The molecule has 2 N–H and O–H groups in total. The summed E-state index contributed by atoms with van der Waals surface area (Å²) in [6, 6.07) is 7.77. The van der Waals surface area contributed by atoms with Gasteiger partial charge in [0.1, 0.15) is 11.4 Å². The molecule has 0 aliphatic carbocycles. The molecule has 7 nitrogen and oxygen atoms in total. The van der Waals surface area contributed by atoms with E-state index in [1.165, 1.54) is 0 Å². The van der Waals surface area contributed by atoms with Gasteiger partial charge in [-0.25, -0.2) is 9.59 Å². The summed E-state index contributed by atoms with van der Waals surface area (Å²) in [5.41, 5.74) is 0.612. The standard InChI is InChI=1S/C21H33N3O4/c1-16-8-5-6-9-18(16)27-15-7-12-22-19(25)23-17-10-13-24(14-11-17)20(26)28-21(2,3)4/h5-6,8-9,17H,7,10-15H2,1-4H3,(H2,22,23,25). The van der Waals surface area contributed by atoms with Gasteiger partial charge in [-0.2, -0.15) is 0 Å². The topological polar surface area (TPSA) is 79.9 Å². The van der Waals surface area contributed by atoms with E-state index in [0.29, 0.717) is 26.2 Å². The van der Waals surface area contributed by atoms with Crippen LogP contribution in [0.5, 0.6) is 5.75 Å². The van der Waals surface area contributed by atoms with E-state index in [1.807, 2.05) is 52.0 Å². The molecule has 0 aromatic heterocycles. The van der Waals surface area contributed by atoms with Crippen molar-refractivity contribution in [3.8, 4) is 5.75 Å². The minimum Gasteiger partial charge on any atom is -0.493 e. The fourth-order valence-electron chi connectivity index (χ4n) is 2.94. The van der Waals surface area contributed by atoms with Crippen LogP contribution in [0.4, 0.5) is 9.59 Å². The van der Waals surface area contributed by atoms with Crippen LogP contribution in [-0.2, 0) is 4.74 Å². The number of hydrogen-bond donors (Lipinski definition) is 2. The number of piperidine rings is 1. The number of aryl methyl sites for hydroxylation is 1. The second kappa shape index (κ2) is 10.2. The van der Waals surface area contributed by atoms with Crippen LogP contribution in [0.25, 0.3) is 0 Å². The number of rotatable bonds is 6. The summed E-state index contributed by atoms with van der Waals surface area (Å²) in [5, 5.41) is 5.84. The molecule has 0 radical (unpaired) electrons. The molecule has 1 heterocycles. The third kappa shape index (κ3) is 7.66. The van der Waals surface area contributed by atoms with Crippen LogP contribution in [0.3, 0.4) is 0 Å². The number of carbonyl (C=O) groups excluding carboxylic acids is 2. The Labute approximate surface area is 167 Å². The van der Waals surface area contributed by atoms with Gasteiger partial charge >= 0.3 is 12.1 Å². The zero-order valence-corrected chi connectivity index (χ0v) is 17.4. The van der Waals surface area contributed by atoms with Crippen LogP contribution in [-0.4, -0.2) is 54.9 Å². The first-order valence-corrected chi connectivity index (χ1v) is 9.95. The first-order chi connectivity index (χ1) is 13.2. The zero-order chi connectivity index (χ0) is 20.6. The Morgan fingerprint density at radius 2 is 1.86 bits per heavy atom. The van der Waals surface area contributed by atoms with Gasteiger partial charge in [-0.15, -0.1) is 0 Å². The van der Waals surface area contributed by atoms with Crippen LogP contribution in [0.15, 0.2) is 24.3 Å². The van der Waals surface area contributed by atoms with Crippen molar-refractivity contribution in [3.05, 3.63) is 29.8 Å². The fraction of sp³-hybridized carbons (Fsp3) is 0.619. The Hall–Kier alpha value is -2.44. The van der Waals surface area contributed by atoms with Crippen LogP contribution in [0.1, 0.15) is 45.6 Å². The number of benzene rings is 1. The second-order valence-corrected chi connectivity index (χ2v) is 8.11. The van der Waals surface area contributed by atoms with Crippen molar-refractivity contribution in [3.63, 3.8) is 0 Å². The van der Waals surface area contributed by atoms with Crippen LogP contribution < -0.4 is 15.4 Å². The number of ether oxygens (including phenoxy) is 2. The molecule has 0 atom stereocenters. The van der Waals surface area contributed by atoms with E-state index in [9.17, 15) is 9.59 Å². The molecule has 1 saturated heterocycles. The predicted octanol–water partition coefficient (Wildman–Crippen LogP) is 3.46. The second-order valence-electron chi connectivity index (χ2n) is 8.11. The lowest BCUT2D eigenvalue weighted by Gasteiger charge is -2.33. The summed E-state index contributed by atoms with van der Waals surface area (Å²) in [6.07, 6.45) is 1.90. The van der Waals surface area contributed by atoms with Crippen molar-refractivity contribution >= 4 is 12.1 Å². The summed E-state index contributed by atoms with van der Waals surface area (Å²) < 4.78 is 11.1. The van der Waals surface area contributed by atoms with Gasteiger partial charge < -0.3 is 25.0 Å². The number of urea groups is 1. The van der Waals surface area contributed by atoms with Gasteiger partial charge in [-0.1, -0.05) is 18.2 Å². The molecule has 0 unspecified atom stereocenters. The summed E-state index contributed by atoms with van der Waals surface area (Å²) in [7, 11) is 0. The van der Waals surface area contributed by atoms with Gasteiger partial charge in [0.05, 0.1) is 6.61 Å². The first kappa shape index (κ1) is 21.9. The van der Waals surface area contributed by atoms with Crippen molar-refractivity contribution in [2.45, 2.75) is 58.6 Å². The third-order valence-corrected chi connectivity index (χ3v) is 4.44. The van der Waals surface area contributed by atoms with Gasteiger partial charge in [0.15, 0.2) is 0 Å². The molecule has 1 aliphatic heterocycles. The summed E-state index contributed by atoms with van der Waals surface area (Å²) in [4.78, 5) is 25.8. The highest BCUT2D eigenvalue weighted by molar-refractivity contribution is 5.74. The molecule has 156 valence electrons. The zero-order valence-electron chi connectivity index (χ0n) is 17.4. The average molecular weight is 392 g/mol. The molecule has 1 fully saturated rings. The molecule has 0 saturated carbocycles. The third-order valence-electron chi connectivity index (χ3n) is 4.44. The number of nitrogens with zero attached hydrogens (tertiary/aromatic N) is 1. The van der Waals surface area contributed by atoms with E-state index in [1.54, 1.807) is 4.90 Å². The predicted molar refractivity (Wildman–Crippen MR) is 109 cm³/mol. The average Bonchev–Trinajstić information content (AvgIpc) is 2.62. The maximum Gasteiger partial charge on any atom is 0.410 e. The lowest BCUT2D eigenvalue weighted by molar-refractivity contribution is 0.0201. The van der Waals surface area contributed by atoms with E-state index in [4.69, 9.17) is 9.47 Å². The van der Waals surface area contributed by atoms with Crippen LogP contribution in [0.2, 0.25) is 0 Å². The SMILES string of the molecule is Cc1ccccc1OCCCNC(=O)NC1CCN(C(=O)OC(C)(C)C)CC1. The summed E-state index contributed by atoms with van der Waals surface area (Å²) >= 11 is 0. The van der Waals surface area contributed by atoms with Gasteiger partial charge in [0, 0.05) is 25.7 Å². The van der Waals surface area contributed by atoms with Gasteiger partial charge in [0.25, 0.3) is 0 Å². The molecule has 7 heteroatoms. The van der Waals surface area contributed by atoms with Gasteiger partial charge in [0.2, 0.25) is 0 Å². The lowest BCUT2D eigenvalue weighted by Crippen LogP contribution is -2.50. The highest BCUT2D eigenvalue weighted by Gasteiger charge is 2.27. The molecular weight excluding hydrogens is 358 g/mol. The number of nitrogens with one attached hydrogen (secondary N) is 2. The van der Waals surface area contributed by atoms with E-state index >= 15 is 0 Å². The monoisotopic (exact) mass is 391 g/mol. The number of amides is 3. The molecular formula is C21H33N3O4. The molecule has 2 rings (SSSR count). The number of para-hydroxylation sites is 1. The Kier molecular flexibility index (Phi) is 7.96. The van der Waals surface area contributed by atoms with E-state index in [-0.39, 0.29) is 18.2 Å². The number of carbonyl (C=O) groups is 2. The maximum absolute atomic E-state index is 12.1. The highest BCUT2D eigenvalue weighted by Crippen LogP contribution is 2.16. The van der Waals surface area contributed by atoms with Crippen molar-refractivity contribution in [1.29, 1.82) is 0 Å². The summed E-state index contributed by atoms with van der Waals surface area (Å²) in [6.45, 7) is 9.86. The Balaban J connectivity index is 1.57. The minimum absolute atomic E-state index is 0.0712. The quantitative estimate of drug-likeness (QED) is 0.728.